The minimum Gasteiger partial charge on any atom is -0.492 e. The summed E-state index contributed by atoms with van der Waals surface area (Å²) in [7, 11) is 0. The number of aliphatic hydroxyl groups is 1. The zero-order valence-electron chi connectivity index (χ0n) is 10.6. The van der Waals surface area contributed by atoms with E-state index >= 15 is 0 Å². The van der Waals surface area contributed by atoms with Crippen molar-refractivity contribution in [2.75, 3.05) is 19.8 Å². The second kappa shape index (κ2) is 6.24. The van der Waals surface area contributed by atoms with Crippen LogP contribution in [0.15, 0.2) is 18.2 Å². The molecule has 0 unspecified atom stereocenters. The lowest BCUT2D eigenvalue weighted by molar-refractivity contribution is 0.180. The molecule has 0 saturated heterocycles. The fraction of sp³-hybridized carbons (Fsp3) is 0.538. The summed E-state index contributed by atoms with van der Waals surface area (Å²) in [5, 5.41) is 13.0. The first-order valence-electron chi connectivity index (χ1n) is 5.69. The van der Waals surface area contributed by atoms with E-state index in [9.17, 15) is 0 Å². The molecule has 0 atom stereocenters. The summed E-state index contributed by atoms with van der Waals surface area (Å²) in [6.45, 7) is 7.21. The van der Waals surface area contributed by atoms with Gasteiger partial charge in [-0.3, -0.25) is 0 Å². The van der Waals surface area contributed by atoms with Crippen LogP contribution >= 0.6 is 11.6 Å². The number of nitrogens with one attached hydrogen (secondary N) is 1. The normalized spacial score (nSPS) is 11.6. The summed E-state index contributed by atoms with van der Waals surface area (Å²) in [6, 6.07) is 5.56. The zero-order chi connectivity index (χ0) is 12.9. The SMILES string of the molecule is Cc1cc(Cl)ccc1OCCNC(C)(C)CO. The smallest absolute Gasteiger partial charge is 0.122 e. The molecule has 0 aliphatic heterocycles. The molecule has 4 heteroatoms. The van der Waals surface area contributed by atoms with Gasteiger partial charge in [0.2, 0.25) is 0 Å². The van der Waals surface area contributed by atoms with E-state index in [1.807, 2.05) is 39.0 Å². The highest BCUT2D eigenvalue weighted by molar-refractivity contribution is 6.30. The molecule has 0 aliphatic rings. The lowest BCUT2D eigenvalue weighted by Crippen LogP contribution is -2.44. The number of hydrogen-bond acceptors (Lipinski definition) is 3. The number of aliphatic hydroxyl groups excluding tert-OH is 1. The molecular weight excluding hydrogens is 238 g/mol. The Morgan fingerprint density at radius 3 is 2.71 bits per heavy atom. The van der Waals surface area contributed by atoms with Crippen LogP contribution in [0.5, 0.6) is 5.75 Å². The average molecular weight is 258 g/mol. The van der Waals surface area contributed by atoms with Crippen molar-refractivity contribution in [1.82, 2.24) is 5.32 Å². The molecule has 17 heavy (non-hydrogen) atoms. The van der Waals surface area contributed by atoms with E-state index in [0.717, 1.165) is 16.3 Å². The number of aryl methyl sites for hydroxylation is 1. The number of benzene rings is 1. The first-order chi connectivity index (χ1) is 7.94. The maximum atomic E-state index is 9.07. The number of halogens is 1. The molecule has 1 rings (SSSR count). The van der Waals surface area contributed by atoms with Crippen LogP contribution in [0.2, 0.25) is 5.02 Å². The van der Waals surface area contributed by atoms with Gasteiger partial charge in [0.1, 0.15) is 12.4 Å². The van der Waals surface area contributed by atoms with E-state index in [-0.39, 0.29) is 12.1 Å². The third-order valence-corrected chi connectivity index (χ3v) is 2.73. The molecule has 0 saturated carbocycles. The molecule has 0 amide bonds. The highest BCUT2D eigenvalue weighted by Gasteiger charge is 2.14. The Labute approximate surface area is 108 Å². The fourth-order valence-corrected chi connectivity index (χ4v) is 1.61. The summed E-state index contributed by atoms with van der Waals surface area (Å²) in [5.74, 6) is 0.845. The van der Waals surface area contributed by atoms with Crippen LogP contribution in [0.3, 0.4) is 0 Å². The van der Waals surface area contributed by atoms with Gasteiger partial charge in [0.15, 0.2) is 0 Å². The van der Waals surface area contributed by atoms with E-state index in [1.54, 1.807) is 0 Å². The molecule has 0 fully saturated rings. The lowest BCUT2D eigenvalue weighted by atomic mass is 10.1. The van der Waals surface area contributed by atoms with Gasteiger partial charge in [-0.25, -0.2) is 0 Å². The van der Waals surface area contributed by atoms with Gasteiger partial charge >= 0.3 is 0 Å². The highest BCUT2D eigenvalue weighted by atomic mass is 35.5. The van der Waals surface area contributed by atoms with Crippen LogP contribution in [-0.4, -0.2) is 30.4 Å². The largest absolute Gasteiger partial charge is 0.492 e. The first-order valence-corrected chi connectivity index (χ1v) is 6.07. The highest BCUT2D eigenvalue weighted by Crippen LogP contribution is 2.21. The lowest BCUT2D eigenvalue weighted by Gasteiger charge is -2.23. The van der Waals surface area contributed by atoms with Gasteiger partial charge in [-0.05, 0) is 44.5 Å². The molecule has 3 nitrogen and oxygen atoms in total. The quantitative estimate of drug-likeness (QED) is 0.769. The van der Waals surface area contributed by atoms with Crippen LogP contribution in [0.1, 0.15) is 19.4 Å². The monoisotopic (exact) mass is 257 g/mol. The predicted molar refractivity (Wildman–Crippen MR) is 70.9 cm³/mol. The van der Waals surface area contributed by atoms with E-state index in [2.05, 4.69) is 5.32 Å². The minimum atomic E-state index is -0.265. The molecule has 1 aromatic rings. The van der Waals surface area contributed by atoms with E-state index in [4.69, 9.17) is 21.4 Å². The molecule has 0 heterocycles. The molecule has 0 aliphatic carbocycles. The Bertz CT molecular complexity index is 366. The van der Waals surface area contributed by atoms with E-state index < -0.39 is 0 Å². The second-order valence-electron chi connectivity index (χ2n) is 4.73. The Morgan fingerprint density at radius 1 is 1.41 bits per heavy atom. The summed E-state index contributed by atoms with van der Waals surface area (Å²) in [4.78, 5) is 0. The van der Waals surface area contributed by atoms with Gasteiger partial charge in [0.25, 0.3) is 0 Å². The van der Waals surface area contributed by atoms with Crippen LogP contribution < -0.4 is 10.1 Å². The Kier molecular flexibility index (Phi) is 5.25. The predicted octanol–water partition coefficient (Wildman–Crippen LogP) is 2.39. The molecular formula is C13H20ClNO2. The van der Waals surface area contributed by atoms with Crippen molar-refractivity contribution < 1.29 is 9.84 Å². The van der Waals surface area contributed by atoms with Gasteiger partial charge in [-0.1, -0.05) is 11.6 Å². The zero-order valence-corrected chi connectivity index (χ0v) is 11.3. The van der Waals surface area contributed by atoms with Crippen molar-refractivity contribution in [3.63, 3.8) is 0 Å². The Morgan fingerprint density at radius 2 is 2.12 bits per heavy atom. The van der Waals surface area contributed by atoms with Crippen molar-refractivity contribution in [2.24, 2.45) is 0 Å². The van der Waals surface area contributed by atoms with Crippen LogP contribution in [0, 0.1) is 6.92 Å². The number of hydrogen-bond donors (Lipinski definition) is 2. The van der Waals surface area contributed by atoms with Crippen LogP contribution in [-0.2, 0) is 0 Å². The minimum absolute atomic E-state index is 0.104. The molecule has 0 aromatic heterocycles. The summed E-state index contributed by atoms with van der Waals surface area (Å²) >= 11 is 5.86. The van der Waals surface area contributed by atoms with Gasteiger partial charge in [-0.15, -0.1) is 0 Å². The molecule has 0 bridgehead atoms. The topological polar surface area (TPSA) is 41.5 Å². The van der Waals surface area contributed by atoms with Crippen molar-refractivity contribution >= 4 is 11.6 Å². The van der Waals surface area contributed by atoms with Gasteiger partial charge in [0, 0.05) is 17.1 Å². The molecule has 0 spiro atoms. The molecule has 96 valence electrons. The Hall–Kier alpha value is -0.770. The first kappa shape index (κ1) is 14.3. The van der Waals surface area contributed by atoms with Crippen LogP contribution in [0.25, 0.3) is 0 Å². The summed E-state index contributed by atoms with van der Waals surface area (Å²) in [6.07, 6.45) is 0. The third-order valence-electron chi connectivity index (χ3n) is 2.50. The van der Waals surface area contributed by atoms with Crippen molar-refractivity contribution in [3.8, 4) is 5.75 Å². The Balaban J connectivity index is 2.36. The standard InChI is InChI=1S/C13H20ClNO2/c1-10-8-11(14)4-5-12(10)17-7-6-15-13(2,3)9-16/h4-5,8,15-16H,6-7,9H2,1-3H3. The fourth-order valence-electron chi connectivity index (χ4n) is 1.38. The second-order valence-corrected chi connectivity index (χ2v) is 5.16. The van der Waals surface area contributed by atoms with E-state index in [1.165, 1.54) is 0 Å². The molecule has 0 radical (unpaired) electrons. The summed E-state index contributed by atoms with van der Waals surface area (Å²) in [5.41, 5.74) is 0.761. The number of rotatable bonds is 6. The third kappa shape index (κ3) is 4.94. The van der Waals surface area contributed by atoms with Crippen molar-refractivity contribution in [1.29, 1.82) is 0 Å². The maximum Gasteiger partial charge on any atom is 0.122 e. The average Bonchev–Trinajstić information content (AvgIpc) is 2.27. The van der Waals surface area contributed by atoms with Gasteiger partial charge < -0.3 is 15.2 Å². The van der Waals surface area contributed by atoms with Gasteiger partial charge in [-0.2, -0.15) is 0 Å². The summed E-state index contributed by atoms with van der Waals surface area (Å²) < 4.78 is 5.63. The van der Waals surface area contributed by atoms with Crippen LogP contribution in [0.4, 0.5) is 0 Å². The maximum absolute atomic E-state index is 9.07. The van der Waals surface area contributed by atoms with Crippen molar-refractivity contribution in [3.05, 3.63) is 28.8 Å². The molecule has 2 N–H and O–H groups in total. The van der Waals surface area contributed by atoms with Gasteiger partial charge in [0.05, 0.1) is 6.61 Å². The van der Waals surface area contributed by atoms with E-state index in [0.29, 0.717) is 13.2 Å². The number of ether oxygens (including phenoxy) is 1. The molecule has 1 aromatic carbocycles. The van der Waals surface area contributed by atoms with Crippen molar-refractivity contribution in [2.45, 2.75) is 26.3 Å².